The first-order chi connectivity index (χ1) is 25.2. The second kappa shape index (κ2) is 18.0. The number of aliphatic carboxylic acids is 1. The number of benzene rings is 3. The molecule has 4 rings (SSSR count). The lowest BCUT2D eigenvalue weighted by molar-refractivity contribution is -0.192. The van der Waals surface area contributed by atoms with E-state index in [-0.39, 0.29) is 35.1 Å². The number of anilines is 1. The van der Waals surface area contributed by atoms with Crippen LogP contribution in [0.15, 0.2) is 72.8 Å². The molecule has 0 bridgehead atoms. The largest absolute Gasteiger partial charge is 0.490 e. The number of alkyl halides is 3. The summed E-state index contributed by atoms with van der Waals surface area (Å²) in [5.41, 5.74) is 4.71. The fraction of sp³-hybridized carbons (Fsp3) is 0.250. The molecule has 8 N–H and O–H groups in total. The molecule has 3 aromatic carbocycles. The second-order valence-corrected chi connectivity index (χ2v) is 12.3. The smallest absolute Gasteiger partial charge is 0.478 e. The molecule has 1 unspecified atom stereocenters. The molecule has 1 amide bonds. The zero-order chi connectivity index (χ0) is 40.4. The summed E-state index contributed by atoms with van der Waals surface area (Å²) < 4.78 is 74.9. The van der Waals surface area contributed by atoms with Crippen molar-refractivity contribution in [1.29, 1.82) is 5.41 Å². The molecule has 54 heavy (non-hydrogen) atoms. The normalized spacial score (nSPS) is 11.7. The Balaban J connectivity index is 0.00000102. The zero-order valence-electron chi connectivity index (χ0n) is 28.9. The summed E-state index contributed by atoms with van der Waals surface area (Å²) in [7, 11) is 0. The number of nitrogens with one attached hydrogen (secondary N) is 3. The van der Waals surface area contributed by atoms with E-state index in [0.717, 1.165) is 17.7 Å². The predicted molar refractivity (Wildman–Crippen MR) is 185 cm³/mol. The number of nitrogens with two attached hydrogens (primary N) is 1. The van der Waals surface area contributed by atoms with Crippen molar-refractivity contribution in [1.82, 2.24) is 10.3 Å². The Labute approximate surface area is 305 Å². The number of carboxylic acids is 2. The maximum absolute atomic E-state index is 16.0. The number of ether oxygens (including phenoxy) is 2. The van der Waals surface area contributed by atoms with Gasteiger partial charge in [0.15, 0.2) is 0 Å². The number of amidine groups is 1. The SMILES string of the molecule is CC(CCc1ccccc1)Nc1c(F)c(Oc2cccc(C(=N)N)c2)nc(Oc2ccc(C(=O)NC(C)(C)CO)cc2C(=O)O)c1F.O=C(O)C(F)(F)F. The highest BCUT2D eigenvalue weighted by Gasteiger charge is 2.38. The molecule has 0 aliphatic heterocycles. The number of nitrogens with zero attached hydrogens (tertiary/aromatic N) is 1. The van der Waals surface area contributed by atoms with E-state index in [2.05, 4.69) is 15.6 Å². The van der Waals surface area contributed by atoms with Crippen molar-refractivity contribution in [2.75, 3.05) is 11.9 Å². The minimum atomic E-state index is -5.08. The maximum atomic E-state index is 16.0. The van der Waals surface area contributed by atoms with E-state index in [9.17, 15) is 33.0 Å². The summed E-state index contributed by atoms with van der Waals surface area (Å²) in [5, 5.41) is 39.6. The lowest BCUT2D eigenvalue weighted by Crippen LogP contribution is -2.46. The highest BCUT2D eigenvalue weighted by atomic mass is 19.4. The minimum absolute atomic E-state index is 0.0390. The van der Waals surface area contributed by atoms with Gasteiger partial charge in [-0.25, -0.2) is 9.59 Å². The zero-order valence-corrected chi connectivity index (χ0v) is 28.9. The molecule has 0 saturated heterocycles. The lowest BCUT2D eigenvalue weighted by atomic mass is 10.0. The molecule has 1 aromatic heterocycles. The number of aromatic carboxylic acids is 1. The molecule has 1 atom stereocenters. The Bertz CT molecular complexity index is 1990. The van der Waals surface area contributed by atoms with Crippen molar-refractivity contribution in [3.63, 3.8) is 0 Å². The average Bonchev–Trinajstić information content (AvgIpc) is 3.11. The summed E-state index contributed by atoms with van der Waals surface area (Å²) in [4.78, 5) is 37.7. The first kappa shape index (κ1) is 42.1. The maximum Gasteiger partial charge on any atom is 0.490 e. The number of carbonyl (C=O) groups is 3. The molecule has 18 heteroatoms. The van der Waals surface area contributed by atoms with Gasteiger partial charge >= 0.3 is 18.1 Å². The monoisotopic (exact) mass is 761 g/mol. The Hall–Kier alpha value is -6.30. The van der Waals surface area contributed by atoms with Crippen LogP contribution in [0.3, 0.4) is 0 Å². The highest BCUT2D eigenvalue weighted by molar-refractivity contribution is 5.99. The van der Waals surface area contributed by atoms with E-state index < -0.39 is 70.2 Å². The third-order valence-corrected chi connectivity index (χ3v) is 7.25. The second-order valence-electron chi connectivity index (χ2n) is 12.3. The van der Waals surface area contributed by atoms with Crippen LogP contribution in [0.25, 0.3) is 0 Å². The number of aliphatic hydroxyl groups excluding tert-OH is 1. The number of hydrogen-bond donors (Lipinski definition) is 7. The number of carboxylic acid groups (broad SMARTS) is 2. The quantitative estimate of drug-likeness (QED) is 0.0418. The van der Waals surface area contributed by atoms with Crippen molar-refractivity contribution >= 4 is 29.4 Å². The summed E-state index contributed by atoms with van der Waals surface area (Å²) in [6.07, 6.45) is -3.97. The molecule has 0 aliphatic rings. The number of hydrogen-bond acceptors (Lipinski definition) is 9. The van der Waals surface area contributed by atoms with Gasteiger partial charge in [0.25, 0.3) is 17.7 Å². The third kappa shape index (κ3) is 11.9. The van der Waals surface area contributed by atoms with Crippen LogP contribution < -0.4 is 25.8 Å². The molecule has 0 aliphatic carbocycles. The van der Waals surface area contributed by atoms with E-state index in [4.69, 9.17) is 30.5 Å². The Kier molecular flexibility index (Phi) is 14.0. The Morgan fingerprint density at radius 1 is 0.907 bits per heavy atom. The summed E-state index contributed by atoms with van der Waals surface area (Å²) in [5.74, 6) is -9.45. The number of aliphatic hydroxyl groups is 1. The number of rotatable bonds is 14. The van der Waals surface area contributed by atoms with Gasteiger partial charge in [0.1, 0.15) is 28.6 Å². The van der Waals surface area contributed by atoms with Crippen LogP contribution in [0, 0.1) is 17.0 Å². The molecule has 13 nitrogen and oxygen atoms in total. The molecular weight excluding hydrogens is 725 g/mol. The number of amides is 1. The molecule has 0 saturated carbocycles. The molecule has 1 heterocycles. The average molecular weight is 762 g/mol. The summed E-state index contributed by atoms with van der Waals surface area (Å²) >= 11 is 0. The molecular formula is C36H36F5N5O8. The van der Waals surface area contributed by atoms with Crippen LogP contribution in [0.4, 0.5) is 27.6 Å². The highest BCUT2D eigenvalue weighted by Crippen LogP contribution is 2.37. The first-order valence-corrected chi connectivity index (χ1v) is 15.8. The topological polar surface area (TPSA) is 217 Å². The van der Waals surface area contributed by atoms with E-state index in [1.807, 2.05) is 30.3 Å². The standard InChI is InChI=1S/C34H35F2N5O6.C2HF3O2/c1-19(12-13-20-8-5-4-6-9-20)39-28-26(35)31(46-23-11-7-10-21(16-23)29(37)38)40-32(27(28)36)47-25-15-14-22(17-24(25)33(44)45)30(43)41-34(2,3)18-42;3-2(4,5)1(6)7/h4-11,14-17,19,42H,12-13,18H2,1-3H3,(H3,37,38)(H,39,40)(H,41,43)(H,44,45);(H,6,7). The van der Waals surface area contributed by atoms with Gasteiger partial charge in [-0.05, 0) is 69.5 Å². The van der Waals surface area contributed by atoms with Gasteiger partial charge in [-0.2, -0.15) is 26.9 Å². The number of halogens is 5. The molecule has 0 spiro atoms. The van der Waals surface area contributed by atoms with Gasteiger partial charge in [-0.3, -0.25) is 10.2 Å². The van der Waals surface area contributed by atoms with Crippen LogP contribution in [0.5, 0.6) is 23.3 Å². The van der Waals surface area contributed by atoms with Gasteiger partial charge < -0.3 is 41.2 Å². The molecule has 0 radical (unpaired) electrons. The Morgan fingerprint density at radius 2 is 1.52 bits per heavy atom. The van der Waals surface area contributed by atoms with Crippen molar-refractivity contribution in [2.24, 2.45) is 5.73 Å². The van der Waals surface area contributed by atoms with Crippen LogP contribution >= 0.6 is 0 Å². The van der Waals surface area contributed by atoms with Gasteiger partial charge in [0, 0.05) is 17.2 Å². The number of aromatic nitrogens is 1. The fourth-order valence-electron chi connectivity index (χ4n) is 4.40. The van der Waals surface area contributed by atoms with Crippen LogP contribution in [0.1, 0.15) is 59.0 Å². The van der Waals surface area contributed by atoms with E-state index in [1.165, 1.54) is 24.3 Å². The third-order valence-electron chi connectivity index (χ3n) is 7.25. The first-order valence-electron chi connectivity index (χ1n) is 15.8. The van der Waals surface area contributed by atoms with Crippen LogP contribution in [-0.2, 0) is 11.2 Å². The number of nitrogen functional groups attached to an aromatic ring is 1. The van der Waals surface area contributed by atoms with Crippen molar-refractivity contribution < 1.29 is 61.1 Å². The van der Waals surface area contributed by atoms with Crippen LogP contribution in [-0.4, -0.2) is 68.3 Å². The molecule has 0 fully saturated rings. The van der Waals surface area contributed by atoms with E-state index in [1.54, 1.807) is 26.8 Å². The van der Waals surface area contributed by atoms with E-state index in [0.29, 0.717) is 12.8 Å². The minimum Gasteiger partial charge on any atom is -0.478 e. The van der Waals surface area contributed by atoms with Gasteiger partial charge in [-0.1, -0.05) is 42.5 Å². The van der Waals surface area contributed by atoms with Gasteiger partial charge in [0.05, 0.1) is 12.1 Å². The van der Waals surface area contributed by atoms with Crippen molar-refractivity contribution in [3.8, 4) is 23.3 Å². The summed E-state index contributed by atoms with van der Waals surface area (Å²) in [6, 6.07) is 18.4. The number of carbonyl (C=O) groups excluding carboxylic acids is 1. The van der Waals surface area contributed by atoms with E-state index >= 15 is 8.78 Å². The van der Waals surface area contributed by atoms with Crippen molar-refractivity contribution in [3.05, 3.63) is 107 Å². The van der Waals surface area contributed by atoms with Crippen LogP contribution in [0.2, 0.25) is 0 Å². The van der Waals surface area contributed by atoms with Gasteiger partial charge in [-0.15, -0.1) is 0 Å². The van der Waals surface area contributed by atoms with Crippen molar-refractivity contribution in [2.45, 2.75) is 51.4 Å². The number of aryl methyl sites for hydroxylation is 1. The predicted octanol–water partition coefficient (Wildman–Crippen LogP) is 6.49. The Morgan fingerprint density at radius 3 is 2.07 bits per heavy atom. The lowest BCUT2D eigenvalue weighted by Gasteiger charge is -2.23. The summed E-state index contributed by atoms with van der Waals surface area (Å²) in [6.45, 7) is 4.53. The number of pyridine rings is 1. The van der Waals surface area contributed by atoms with Gasteiger partial charge in [0.2, 0.25) is 11.6 Å². The fourth-order valence-corrected chi connectivity index (χ4v) is 4.40. The molecule has 288 valence electrons. The molecule has 4 aromatic rings.